The lowest BCUT2D eigenvalue weighted by Crippen LogP contribution is -2.14. The van der Waals surface area contributed by atoms with E-state index >= 15 is 0 Å². The molecule has 0 fully saturated rings. The maximum Gasteiger partial charge on any atom is 0.278 e. The Balaban J connectivity index is 1.76. The normalized spacial score (nSPS) is 15.0. The maximum atomic E-state index is 13.2. The van der Waals surface area contributed by atoms with Crippen molar-refractivity contribution in [3.8, 4) is 0 Å². The number of halogens is 2. The zero-order valence-corrected chi connectivity index (χ0v) is 11.4. The molecule has 1 aromatic carbocycles. The van der Waals surface area contributed by atoms with Crippen LogP contribution in [0.2, 0.25) is 5.15 Å². The molecule has 1 aliphatic heterocycles. The number of nitrogens with one attached hydrogen (secondary N) is 1. The zero-order chi connectivity index (χ0) is 14.8. The molecule has 21 heavy (non-hydrogen) atoms. The number of oxime groups is 1. The van der Waals surface area contributed by atoms with Gasteiger partial charge in [0.15, 0.2) is 5.71 Å². The summed E-state index contributed by atoms with van der Waals surface area (Å²) in [6.45, 7) is 0.131. The van der Waals surface area contributed by atoms with Crippen LogP contribution in [-0.4, -0.2) is 16.6 Å². The van der Waals surface area contributed by atoms with Gasteiger partial charge in [0.05, 0.1) is 5.69 Å². The van der Waals surface area contributed by atoms with Gasteiger partial charge >= 0.3 is 0 Å². The average Bonchev–Trinajstić information content (AvgIpc) is 2.77. The van der Waals surface area contributed by atoms with E-state index in [0.29, 0.717) is 16.4 Å². The zero-order valence-electron chi connectivity index (χ0n) is 10.6. The van der Waals surface area contributed by atoms with Gasteiger partial charge in [-0.2, -0.15) is 0 Å². The smallest absolute Gasteiger partial charge is 0.278 e. The fraction of sp³-hybridized carbons (Fsp3) is 0.0714. The molecule has 1 aliphatic rings. The van der Waals surface area contributed by atoms with E-state index in [1.54, 1.807) is 18.3 Å². The number of carbonyl (C=O) groups excluding carboxylic acids is 1. The second-order valence-corrected chi connectivity index (χ2v) is 4.73. The lowest BCUT2D eigenvalue weighted by Gasteiger charge is -2.01. The van der Waals surface area contributed by atoms with Gasteiger partial charge in [-0.1, -0.05) is 22.8 Å². The third-order valence-corrected chi connectivity index (χ3v) is 3.10. The minimum absolute atomic E-state index is 0.0476. The van der Waals surface area contributed by atoms with E-state index in [1.807, 2.05) is 0 Å². The highest BCUT2D eigenvalue weighted by Gasteiger charge is 2.27. The predicted octanol–water partition coefficient (Wildman–Crippen LogP) is 2.75. The number of fused-ring (bicyclic) bond motifs is 1. The average molecular weight is 306 g/mol. The second-order valence-electron chi connectivity index (χ2n) is 4.35. The van der Waals surface area contributed by atoms with Gasteiger partial charge in [0, 0.05) is 17.3 Å². The minimum Gasteiger partial charge on any atom is -0.390 e. The molecule has 0 aliphatic carbocycles. The van der Waals surface area contributed by atoms with Crippen molar-refractivity contribution in [3.63, 3.8) is 0 Å². The quantitative estimate of drug-likeness (QED) is 0.700. The van der Waals surface area contributed by atoms with Crippen LogP contribution in [0.5, 0.6) is 0 Å². The number of carbonyl (C=O) groups is 1. The Morgan fingerprint density at radius 1 is 1.33 bits per heavy atom. The standard InChI is InChI=1S/C14H9ClFN3O2/c15-12-4-1-8(6-17-12)7-21-19-13-10-5-9(16)2-3-11(10)18-14(13)20/h1-6H,7H2,(H,18,19,20). The topological polar surface area (TPSA) is 63.6 Å². The summed E-state index contributed by atoms with van der Waals surface area (Å²) >= 11 is 5.67. The van der Waals surface area contributed by atoms with Crippen molar-refractivity contribution in [1.29, 1.82) is 0 Å². The van der Waals surface area contributed by atoms with Crippen LogP contribution in [0.1, 0.15) is 11.1 Å². The molecule has 5 nitrogen and oxygen atoms in total. The van der Waals surface area contributed by atoms with Crippen LogP contribution in [0.4, 0.5) is 10.1 Å². The molecule has 106 valence electrons. The summed E-state index contributed by atoms with van der Waals surface area (Å²) in [5.74, 6) is -0.871. The van der Waals surface area contributed by atoms with Crippen LogP contribution >= 0.6 is 11.6 Å². The van der Waals surface area contributed by atoms with E-state index < -0.39 is 11.7 Å². The highest BCUT2D eigenvalue weighted by Crippen LogP contribution is 2.24. The van der Waals surface area contributed by atoms with Gasteiger partial charge in [-0.25, -0.2) is 9.37 Å². The number of amides is 1. The highest BCUT2D eigenvalue weighted by atomic mass is 35.5. The molecule has 7 heteroatoms. The van der Waals surface area contributed by atoms with Gasteiger partial charge in [-0.15, -0.1) is 0 Å². The Bertz CT molecular complexity index is 731. The summed E-state index contributed by atoms with van der Waals surface area (Å²) in [6.07, 6.45) is 1.55. The summed E-state index contributed by atoms with van der Waals surface area (Å²) in [5.41, 5.74) is 1.69. The summed E-state index contributed by atoms with van der Waals surface area (Å²) < 4.78 is 13.2. The molecule has 0 unspecified atom stereocenters. The molecular weight excluding hydrogens is 297 g/mol. The summed E-state index contributed by atoms with van der Waals surface area (Å²) in [6, 6.07) is 7.34. The van der Waals surface area contributed by atoms with E-state index in [9.17, 15) is 9.18 Å². The summed E-state index contributed by atoms with van der Waals surface area (Å²) in [4.78, 5) is 20.8. The first-order valence-corrected chi connectivity index (χ1v) is 6.43. The first-order chi connectivity index (χ1) is 10.1. The van der Waals surface area contributed by atoms with E-state index in [0.717, 1.165) is 5.56 Å². The molecule has 0 saturated heterocycles. The number of aromatic nitrogens is 1. The van der Waals surface area contributed by atoms with Crippen molar-refractivity contribution in [2.45, 2.75) is 6.61 Å². The van der Waals surface area contributed by atoms with Crippen molar-refractivity contribution < 1.29 is 14.0 Å². The fourth-order valence-corrected chi connectivity index (χ4v) is 1.99. The molecule has 0 atom stereocenters. The SMILES string of the molecule is O=C1Nc2ccc(F)cc2/C1=N/OCc1ccc(Cl)nc1. The van der Waals surface area contributed by atoms with E-state index in [-0.39, 0.29) is 12.3 Å². The van der Waals surface area contributed by atoms with E-state index in [1.165, 1.54) is 18.2 Å². The molecule has 0 radical (unpaired) electrons. The molecule has 1 aromatic heterocycles. The molecule has 2 heterocycles. The lowest BCUT2D eigenvalue weighted by molar-refractivity contribution is -0.110. The van der Waals surface area contributed by atoms with Crippen LogP contribution in [0.15, 0.2) is 41.7 Å². The molecule has 3 rings (SSSR count). The van der Waals surface area contributed by atoms with Crippen LogP contribution in [-0.2, 0) is 16.2 Å². The lowest BCUT2D eigenvalue weighted by atomic mass is 10.1. The number of benzene rings is 1. The first kappa shape index (κ1) is 13.5. The monoisotopic (exact) mass is 305 g/mol. The van der Waals surface area contributed by atoms with Crippen molar-refractivity contribution in [3.05, 3.63) is 58.6 Å². The van der Waals surface area contributed by atoms with Crippen molar-refractivity contribution >= 4 is 28.9 Å². The maximum absolute atomic E-state index is 13.2. The first-order valence-electron chi connectivity index (χ1n) is 6.05. The van der Waals surface area contributed by atoms with E-state index in [4.69, 9.17) is 16.4 Å². The molecule has 1 N–H and O–H groups in total. The van der Waals surface area contributed by atoms with Crippen molar-refractivity contribution in [1.82, 2.24) is 4.98 Å². The van der Waals surface area contributed by atoms with E-state index in [2.05, 4.69) is 15.5 Å². The molecule has 2 aromatic rings. The van der Waals surface area contributed by atoms with Crippen LogP contribution in [0, 0.1) is 5.82 Å². The molecule has 0 bridgehead atoms. The van der Waals surface area contributed by atoms with Gasteiger partial charge in [0.1, 0.15) is 17.6 Å². The molecular formula is C14H9ClFN3O2. The number of hydrogen-bond donors (Lipinski definition) is 1. The van der Waals surface area contributed by atoms with Crippen LogP contribution < -0.4 is 5.32 Å². The Morgan fingerprint density at radius 3 is 2.95 bits per heavy atom. The number of anilines is 1. The molecule has 0 spiro atoms. The molecule has 1 amide bonds. The number of nitrogens with zero attached hydrogens (tertiary/aromatic N) is 2. The van der Waals surface area contributed by atoms with Crippen LogP contribution in [0.3, 0.4) is 0 Å². The van der Waals surface area contributed by atoms with Gasteiger partial charge in [0.25, 0.3) is 5.91 Å². The van der Waals surface area contributed by atoms with Gasteiger partial charge < -0.3 is 10.2 Å². The molecule has 0 saturated carbocycles. The predicted molar refractivity (Wildman–Crippen MR) is 75.6 cm³/mol. The third kappa shape index (κ3) is 2.85. The number of pyridine rings is 1. The summed E-state index contributed by atoms with van der Waals surface area (Å²) in [5, 5.41) is 6.75. The Morgan fingerprint density at radius 2 is 2.19 bits per heavy atom. The van der Waals surface area contributed by atoms with Crippen molar-refractivity contribution in [2.75, 3.05) is 5.32 Å². The Labute approximate surface area is 124 Å². The van der Waals surface area contributed by atoms with Gasteiger partial charge in [-0.3, -0.25) is 4.79 Å². The number of hydrogen-bond acceptors (Lipinski definition) is 4. The fourth-order valence-electron chi connectivity index (χ4n) is 1.88. The Kier molecular flexibility index (Phi) is 3.53. The Hall–Kier alpha value is -2.47. The summed E-state index contributed by atoms with van der Waals surface area (Å²) in [7, 11) is 0. The van der Waals surface area contributed by atoms with Crippen molar-refractivity contribution in [2.24, 2.45) is 5.16 Å². The largest absolute Gasteiger partial charge is 0.390 e. The van der Waals surface area contributed by atoms with Gasteiger partial charge in [-0.05, 0) is 24.3 Å². The number of rotatable bonds is 3. The van der Waals surface area contributed by atoms with Crippen LogP contribution in [0.25, 0.3) is 0 Å². The third-order valence-electron chi connectivity index (χ3n) is 2.88. The minimum atomic E-state index is -0.445. The highest BCUT2D eigenvalue weighted by molar-refractivity contribution is 6.53. The second kappa shape index (κ2) is 5.49. The van der Waals surface area contributed by atoms with Gasteiger partial charge in [0.2, 0.25) is 0 Å².